The maximum absolute atomic E-state index is 13.0. The number of carbonyl (C=O) groups excluding carboxylic acids is 2. The highest BCUT2D eigenvalue weighted by Gasteiger charge is 2.44. The van der Waals surface area contributed by atoms with Crippen LogP contribution in [0.25, 0.3) is 0 Å². The van der Waals surface area contributed by atoms with Gasteiger partial charge in [-0.05, 0) is 43.4 Å². The Kier molecular flexibility index (Phi) is 5.22. The molecule has 1 aromatic carbocycles. The van der Waals surface area contributed by atoms with Gasteiger partial charge in [0, 0.05) is 35.9 Å². The van der Waals surface area contributed by atoms with Gasteiger partial charge >= 0.3 is 5.97 Å². The van der Waals surface area contributed by atoms with Gasteiger partial charge in [-0.2, -0.15) is 0 Å². The Morgan fingerprint density at radius 1 is 1.25 bits per heavy atom. The first-order valence-electron chi connectivity index (χ1n) is 9.84. The van der Waals surface area contributed by atoms with E-state index in [0.29, 0.717) is 24.3 Å². The highest BCUT2D eigenvalue weighted by molar-refractivity contribution is 6.00. The SMILES string of the molecule is C=C1NC2=C(C(=O)CCC2)C(c2ccc(O)cc2)C1C(=O)OCC1CCCO1. The van der Waals surface area contributed by atoms with Crippen molar-refractivity contribution >= 4 is 11.8 Å². The fourth-order valence-electron chi connectivity index (χ4n) is 4.35. The first kappa shape index (κ1) is 18.7. The number of phenolic OH excluding ortho intramolecular Hbond substituents is 1. The van der Waals surface area contributed by atoms with Gasteiger partial charge in [0.15, 0.2) is 5.78 Å². The summed E-state index contributed by atoms with van der Waals surface area (Å²) in [6.07, 6.45) is 3.81. The molecule has 148 valence electrons. The van der Waals surface area contributed by atoms with E-state index >= 15 is 0 Å². The van der Waals surface area contributed by atoms with Crippen LogP contribution in [0.1, 0.15) is 43.6 Å². The molecule has 4 rings (SSSR count). The van der Waals surface area contributed by atoms with Crippen LogP contribution in [0, 0.1) is 5.92 Å². The highest BCUT2D eigenvalue weighted by atomic mass is 16.6. The maximum Gasteiger partial charge on any atom is 0.315 e. The van der Waals surface area contributed by atoms with Crippen LogP contribution in [-0.2, 0) is 19.1 Å². The summed E-state index contributed by atoms with van der Waals surface area (Å²) in [7, 11) is 0. The third-order valence-corrected chi connectivity index (χ3v) is 5.73. The van der Waals surface area contributed by atoms with Crippen LogP contribution < -0.4 is 5.32 Å². The zero-order chi connectivity index (χ0) is 19.7. The Morgan fingerprint density at radius 3 is 2.75 bits per heavy atom. The van der Waals surface area contributed by atoms with Gasteiger partial charge in [-0.15, -0.1) is 0 Å². The Balaban J connectivity index is 1.67. The van der Waals surface area contributed by atoms with Crippen molar-refractivity contribution in [3.63, 3.8) is 0 Å². The fraction of sp³-hybridized carbons (Fsp3) is 0.455. The van der Waals surface area contributed by atoms with Gasteiger partial charge in [0.2, 0.25) is 0 Å². The lowest BCUT2D eigenvalue weighted by Gasteiger charge is -2.38. The first-order chi connectivity index (χ1) is 13.5. The molecule has 3 aliphatic rings. The number of benzene rings is 1. The number of hydrogen-bond donors (Lipinski definition) is 2. The summed E-state index contributed by atoms with van der Waals surface area (Å²) in [6, 6.07) is 6.65. The molecule has 0 saturated carbocycles. The molecule has 6 nitrogen and oxygen atoms in total. The predicted molar refractivity (Wildman–Crippen MR) is 102 cm³/mol. The lowest BCUT2D eigenvalue weighted by molar-refractivity contribution is -0.151. The Morgan fingerprint density at radius 2 is 2.04 bits per heavy atom. The quantitative estimate of drug-likeness (QED) is 0.778. The summed E-state index contributed by atoms with van der Waals surface area (Å²) in [4.78, 5) is 25.8. The van der Waals surface area contributed by atoms with Crippen LogP contribution in [0.5, 0.6) is 5.75 Å². The predicted octanol–water partition coefficient (Wildman–Crippen LogP) is 2.94. The van der Waals surface area contributed by atoms with Crippen LogP contribution in [0.2, 0.25) is 0 Å². The van der Waals surface area contributed by atoms with E-state index in [2.05, 4.69) is 11.9 Å². The van der Waals surface area contributed by atoms with E-state index in [-0.39, 0.29) is 24.2 Å². The number of carbonyl (C=O) groups is 2. The summed E-state index contributed by atoms with van der Waals surface area (Å²) in [5, 5.41) is 12.9. The minimum absolute atomic E-state index is 0.0521. The molecule has 1 aliphatic carbocycles. The number of rotatable bonds is 4. The van der Waals surface area contributed by atoms with Gasteiger partial charge in [0.05, 0.1) is 6.10 Å². The lowest BCUT2D eigenvalue weighted by atomic mass is 9.71. The molecule has 0 radical (unpaired) electrons. The minimum atomic E-state index is -0.702. The summed E-state index contributed by atoms with van der Waals surface area (Å²) in [6.45, 7) is 4.98. The van der Waals surface area contributed by atoms with E-state index in [0.717, 1.165) is 36.9 Å². The van der Waals surface area contributed by atoms with E-state index in [1.807, 2.05) is 0 Å². The molecule has 2 heterocycles. The summed E-state index contributed by atoms with van der Waals surface area (Å²) >= 11 is 0. The number of hydrogen-bond acceptors (Lipinski definition) is 6. The van der Waals surface area contributed by atoms with E-state index in [1.165, 1.54) is 0 Å². The monoisotopic (exact) mass is 383 g/mol. The van der Waals surface area contributed by atoms with Crippen LogP contribution in [0.15, 0.2) is 47.8 Å². The highest BCUT2D eigenvalue weighted by Crippen LogP contribution is 2.44. The molecule has 28 heavy (non-hydrogen) atoms. The summed E-state index contributed by atoms with van der Waals surface area (Å²) < 4.78 is 11.1. The van der Waals surface area contributed by atoms with Crippen LogP contribution in [0.4, 0.5) is 0 Å². The average molecular weight is 383 g/mol. The number of phenols is 1. The molecule has 0 amide bonds. The van der Waals surface area contributed by atoms with Crippen molar-refractivity contribution in [1.29, 1.82) is 0 Å². The third kappa shape index (κ3) is 3.56. The van der Waals surface area contributed by atoms with Crippen LogP contribution in [-0.4, -0.2) is 36.2 Å². The van der Waals surface area contributed by atoms with Gasteiger partial charge < -0.3 is 19.9 Å². The van der Waals surface area contributed by atoms with Crippen molar-refractivity contribution in [1.82, 2.24) is 5.32 Å². The number of Topliss-reactive ketones (excluding diaryl/α,β-unsaturated/α-hetero) is 1. The Bertz CT molecular complexity index is 820. The lowest BCUT2D eigenvalue weighted by Crippen LogP contribution is -2.41. The number of allylic oxidation sites excluding steroid dienone is 2. The summed E-state index contributed by atoms with van der Waals surface area (Å²) in [5.74, 6) is -1.38. The molecule has 0 bridgehead atoms. The van der Waals surface area contributed by atoms with Gasteiger partial charge in [-0.1, -0.05) is 18.7 Å². The molecule has 2 aliphatic heterocycles. The molecule has 3 atom stereocenters. The Hall–Kier alpha value is -2.60. The van der Waals surface area contributed by atoms with Gasteiger partial charge in [0.1, 0.15) is 18.3 Å². The molecule has 0 aromatic heterocycles. The van der Waals surface area contributed by atoms with Crippen LogP contribution in [0.3, 0.4) is 0 Å². The van der Waals surface area contributed by atoms with Crippen molar-refractivity contribution in [2.75, 3.05) is 13.2 Å². The fourth-order valence-corrected chi connectivity index (χ4v) is 4.35. The molecule has 1 saturated heterocycles. The molecule has 0 spiro atoms. The average Bonchev–Trinajstić information content (AvgIpc) is 3.19. The van der Waals surface area contributed by atoms with Gasteiger partial charge in [-0.25, -0.2) is 0 Å². The van der Waals surface area contributed by atoms with Crippen molar-refractivity contribution in [3.05, 3.63) is 53.4 Å². The summed E-state index contributed by atoms with van der Waals surface area (Å²) in [5.41, 5.74) is 2.83. The van der Waals surface area contributed by atoms with Crippen molar-refractivity contribution in [2.24, 2.45) is 5.92 Å². The van der Waals surface area contributed by atoms with Crippen LogP contribution >= 0.6 is 0 Å². The molecule has 2 N–H and O–H groups in total. The van der Waals surface area contributed by atoms with Crippen molar-refractivity contribution < 1.29 is 24.2 Å². The third-order valence-electron chi connectivity index (χ3n) is 5.73. The zero-order valence-electron chi connectivity index (χ0n) is 15.8. The van der Waals surface area contributed by atoms with Crippen molar-refractivity contribution in [2.45, 2.75) is 44.1 Å². The molecular weight excluding hydrogens is 358 g/mol. The van der Waals surface area contributed by atoms with Gasteiger partial charge in [0.25, 0.3) is 0 Å². The number of esters is 1. The second-order valence-corrected chi connectivity index (χ2v) is 7.63. The maximum atomic E-state index is 13.0. The molecule has 3 unspecified atom stereocenters. The second-order valence-electron chi connectivity index (χ2n) is 7.63. The largest absolute Gasteiger partial charge is 0.508 e. The topological polar surface area (TPSA) is 84.9 Å². The van der Waals surface area contributed by atoms with Gasteiger partial charge in [-0.3, -0.25) is 9.59 Å². The van der Waals surface area contributed by atoms with E-state index in [4.69, 9.17) is 9.47 Å². The second kappa shape index (κ2) is 7.80. The number of ether oxygens (including phenoxy) is 2. The molecule has 1 fully saturated rings. The first-order valence-corrected chi connectivity index (χ1v) is 9.84. The van der Waals surface area contributed by atoms with E-state index in [1.54, 1.807) is 24.3 Å². The smallest absolute Gasteiger partial charge is 0.315 e. The Labute approximate surface area is 164 Å². The number of ketones is 1. The number of aromatic hydroxyl groups is 1. The van der Waals surface area contributed by atoms with Crippen molar-refractivity contribution in [3.8, 4) is 5.75 Å². The minimum Gasteiger partial charge on any atom is -0.508 e. The molecular formula is C22H25NO5. The molecule has 6 heteroatoms. The normalized spacial score (nSPS) is 27.4. The van der Waals surface area contributed by atoms with E-state index < -0.39 is 17.8 Å². The van der Waals surface area contributed by atoms with E-state index in [9.17, 15) is 14.7 Å². The molecule has 1 aromatic rings. The zero-order valence-corrected chi connectivity index (χ0v) is 15.8. The standard InChI is InChI=1S/C22H25NO5/c1-13-19(22(26)28-12-16-4-3-11-27-16)20(14-7-9-15(24)10-8-14)21-17(23-13)5-2-6-18(21)25/h7-10,16,19-20,23-24H,1-6,11-12H2. The number of nitrogens with one attached hydrogen (secondary N) is 1.